The van der Waals surface area contributed by atoms with Crippen LogP contribution in [-0.2, 0) is 30.4 Å². The lowest BCUT2D eigenvalue weighted by molar-refractivity contribution is -0.148. The summed E-state index contributed by atoms with van der Waals surface area (Å²) in [4.78, 5) is 59.5. The Hall–Kier alpha value is -3.71. The number of hydrogen-bond donors (Lipinski definition) is 8. The molecule has 182 valence electrons. The molecule has 0 aromatic heterocycles. The maximum atomic E-state index is 12.9. The van der Waals surface area contributed by atoms with Gasteiger partial charge < -0.3 is 42.1 Å². The van der Waals surface area contributed by atoms with E-state index in [1.54, 1.807) is 0 Å². The molecule has 9 N–H and O–H groups in total. The molecule has 0 spiro atoms. The summed E-state index contributed by atoms with van der Waals surface area (Å²) >= 11 is 0. The normalized spacial score (nSPS) is 15.3. The van der Waals surface area contributed by atoms with Crippen molar-refractivity contribution in [3.05, 3.63) is 29.8 Å². The minimum absolute atomic E-state index is 0.0143. The smallest absolute Gasteiger partial charge is 0.326 e. The molecule has 0 fully saturated rings. The van der Waals surface area contributed by atoms with E-state index in [0.29, 0.717) is 5.56 Å². The Kier molecular flexibility index (Phi) is 10.2. The van der Waals surface area contributed by atoms with Gasteiger partial charge in [0.05, 0.1) is 18.6 Å². The monoisotopic (exact) mass is 468 g/mol. The molecule has 0 radical (unpaired) electrons. The van der Waals surface area contributed by atoms with E-state index in [0.717, 1.165) is 6.92 Å². The molecule has 0 bridgehead atoms. The lowest BCUT2D eigenvalue weighted by atomic mass is 10.0. The number of nitrogens with one attached hydrogen (secondary N) is 3. The van der Waals surface area contributed by atoms with Gasteiger partial charge in [-0.25, -0.2) is 4.79 Å². The number of aliphatic hydroxyl groups excluding tert-OH is 1. The SMILES string of the molecule is CC(N)C(=O)NC(Cc1ccc(O)cc1)C(=O)NC(C(=O)NC(CC(=O)O)C(=O)O)C(C)O. The first-order valence-corrected chi connectivity index (χ1v) is 9.89. The van der Waals surface area contributed by atoms with Gasteiger partial charge >= 0.3 is 11.9 Å². The maximum absolute atomic E-state index is 12.9. The van der Waals surface area contributed by atoms with E-state index >= 15 is 0 Å². The van der Waals surface area contributed by atoms with Gasteiger partial charge in [0.2, 0.25) is 17.7 Å². The molecular weight excluding hydrogens is 440 g/mol. The molecular formula is C20H28N4O9. The number of nitrogens with two attached hydrogens (primary N) is 1. The fourth-order valence-corrected chi connectivity index (χ4v) is 2.68. The van der Waals surface area contributed by atoms with Crippen LogP contribution in [0.2, 0.25) is 0 Å². The van der Waals surface area contributed by atoms with E-state index in [4.69, 9.17) is 15.9 Å². The number of benzene rings is 1. The fourth-order valence-electron chi connectivity index (χ4n) is 2.68. The van der Waals surface area contributed by atoms with Gasteiger partial charge in [-0.1, -0.05) is 12.1 Å². The van der Waals surface area contributed by atoms with Crippen molar-refractivity contribution >= 4 is 29.7 Å². The molecule has 3 amide bonds. The zero-order valence-electron chi connectivity index (χ0n) is 18.0. The molecule has 1 rings (SSSR count). The van der Waals surface area contributed by atoms with E-state index in [1.807, 2.05) is 5.32 Å². The van der Waals surface area contributed by atoms with Crippen LogP contribution in [0, 0.1) is 0 Å². The summed E-state index contributed by atoms with van der Waals surface area (Å²) in [5, 5.41) is 43.9. The standard InChI is InChI=1S/C20H28N4O9/c1-9(21)17(29)22-13(7-11-3-5-12(26)6-4-11)18(30)24-16(10(2)25)19(31)23-14(20(32)33)8-15(27)28/h3-6,9-10,13-14,16,25-26H,7-8,21H2,1-2H3,(H,22,29)(H,23,31)(H,24,30)(H,27,28)(H,32,33). The highest BCUT2D eigenvalue weighted by molar-refractivity contribution is 5.95. The third-order valence-corrected chi connectivity index (χ3v) is 4.48. The molecule has 5 atom stereocenters. The number of amides is 3. The summed E-state index contributed by atoms with van der Waals surface area (Å²) in [7, 11) is 0. The molecule has 0 aliphatic rings. The molecule has 13 heteroatoms. The number of carbonyl (C=O) groups is 5. The largest absolute Gasteiger partial charge is 0.508 e. The van der Waals surface area contributed by atoms with Crippen molar-refractivity contribution in [3.63, 3.8) is 0 Å². The first-order chi connectivity index (χ1) is 15.3. The van der Waals surface area contributed by atoms with Crippen LogP contribution in [0.5, 0.6) is 5.75 Å². The minimum Gasteiger partial charge on any atom is -0.508 e. The van der Waals surface area contributed by atoms with Crippen LogP contribution >= 0.6 is 0 Å². The zero-order valence-corrected chi connectivity index (χ0v) is 18.0. The summed E-state index contributed by atoms with van der Waals surface area (Å²) in [5.41, 5.74) is 6.08. The fraction of sp³-hybridized carbons (Fsp3) is 0.450. The third kappa shape index (κ3) is 9.13. The van der Waals surface area contributed by atoms with Crippen LogP contribution in [0.4, 0.5) is 0 Å². The van der Waals surface area contributed by atoms with Crippen molar-refractivity contribution in [2.24, 2.45) is 5.73 Å². The van der Waals surface area contributed by atoms with Gasteiger partial charge in [0.1, 0.15) is 23.9 Å². The van der Waals surface area contributed by atoms with Crippen LogP contribution in [0.3, 0.4) is 0 Å². The van der Waals surface area contributed by atoms with Gasteiger partial charge in [-0.15, -0.1) is 0 Å². The van der Waals surface area contributed by atoms with Crippen LogP contribution < -0.4 is 21.7 Å². The highest BCUT2D eigenvalue weighted by Crippen LogP contribution is 2.12. The summed E-state index contributed by atoms with van der Waals surface area (Å²) in [6.07, 6.45) is -2.48. The molecule has 0 saturated heterocycles. The Morgan fingerprint density at radius 1 is 0.879 bits per heavy atom. The molecule has 33 heavy (non-hydrogen) atoms. The Morgan fingerprint density at radius 2 is 1.42 bits per heavy atom. The zero-order chi connectivity index (χ0) is 25.3. The van der Waals surface area contributed by atoms with Crippen LogP contribution in [-0.4, -0.2) is 80.4 Å². The van der Waals surface area contributed by atoms with Crippen molar-refractivity contribution in [3.8, 4) is 5.75 Å². The van der Waals surface area contributed by atoms with E-state index in [-0.39, 0.29) is 12.2 Å². The van der Waals surface area contributed by atoms with E-state index in [1.165, 1.54) is 31.2 Å². The number of aromatic hydroxyl groups is 1. The number of rotatable bonds is 12. The number of aliphatic hydroxyl groups is 1. The van der Waals surface area contributed by atoms with Crippen LogP contribution in [0.25, 0.3) is 0 Å². The Morgan fingerprint density at radius 3 is 1.88 bits per heavy atom. The number of carboxylic acids is 2. The molecule has 0 aliphatic heterocycles. The second kappa shape index (κ2) is 12.4. The summed E-state index contributed by atoms with van der Waals surface area (Å²) in [6, 6.07) is 0.128. The predicted molar refractivity (Wildman–Crippen MR) is 113 cm³/mol. The van der Waals surface area contributed by atoms with Crippen molar-refractivity contribution in [2.45, 2.75) is 57.0 Å². The number of phenolic OH excluding ortho intramolecular Hbond substituents is 1. The number of aliphatic carboxylic acids is 2. The second-order valence-electron chi connectivity index (χ2n) is 7.44. The van der Waals surface area contributed by atoms with Crippen LogP contribution in [0.15, 0.2) is 24.3 Å². The van der Waals surface area contributed by atoms with Crippen molar-refractivity contribution < 1.29 is 44.4 Å². The molecule has 0 saturated carbocycles. The van der Waals surface area contributed by atoms with Crippen molar-refractivity contribution in [1.29, 1.82) is 0 Å². The molecule has 1 aromatic rings. The molecule has 0 heterocycles. The Bertz CT molecular complexity index is 871. The first-order valence-electron chi connectivity index (χ1n) is 9.89. The van der Waals surface area contributed by atoms with Gasteiger partial charge in [0, 0.05) is 6.42 Å². The molecule has 5 unspecified atom stereocenters. The summed E-state index contributed by atoms with van der Waals surface area (Å²) in [5.74, 6) is -5.79. The molecule has 0 aliphatic carbocycles. The van der Waals surface area contributed by atoms with Gasteiger partial charge in [-0.2, -0.15) is 0 Å². The van der Waals surface area contributed by atoms with Crippen LogP contribution in [0.1, 0.15) is 25.8 Å². The maximum Gasteiger partial charge on any atom is 0.326 e. The van der Waals surface area contributed by atoms with Crippen molar-refractivity contribution in [2.75, 3.05) is 0 Å². The summed E-state index contributed by atoms with van der Waals surface area (Å²) in [6.45, 7) is 2.55. The molecule has 13 nitrogen and oxygen atoms in total. The van der Waals surface area contributed by atoms with E-state index in [2.05, 4.69) is 10.6 Å². The lowest BCUT2D eigenvalue weighted by Crippen LogP contribution is -2.60. The molecule has 1 aromatic carbocycles. The van der Waals surface area contributed by atoms with E-state index < -0.39 is 66.4 Å². The van der Waals surface area contributed by atoms with Gasteiger partial charge in [0.25, 0.3) is 0 Å². The number of carboxylic acid groups (broad SMARTS) is 2. The van der Waals surface area contributed by atoms with Gasteiger partial charge in [-0.3, -0.25) is 19.2 Å². The quantitative estimate of drug-likeness (QED) is 0.163. The van der Waals surface area contributed by atoms with Crippen molar-refractivity contribution in [1.82, 2.24) is 16.0 Å². The average molecular weight is 468 g/mol. The number of phenols is 1. The average Bonchev–Trinajstić information content (AvgIpc) is 2.71. The predicted octanol–water partition coefficient (Wildman–Crippen LogP) is -2.32. The van der Waals surface area contributed by atoms with E-state index in [9.17, 15) is 34.2 Å². The third-order valence-electron chi connectivity index (χ3n) is 4.48. The number of carbonyl (C=O) groups excluding carboxylic acids is 3. The highest BCUT2D eigenvalue weighted by Gasteiger charge is 2.33. The minimum atomic E-state index is -1.79. The Balaban J connectivity index is 3.05. The first kappa shape index (κ1) is 27.3. The highest BCUT2D eigenvalue weighted by atomic mass is 16.4. The number of hydrogen-bond acceptors (Lipinski definition) is 8. The van der Waals surface area contributed by atoms with Gasteiger partial charge in [0.15, 0.2) is 0 Å². The second-order valence-corrected chi connectivity index (χ2v) is 7.44. The Labute approximate surface area is 189 Å². The summed E-state index contributed by atoms with van der Waals surface area (Å²) < 4.78 is 0. The topological polar surface area (TPSA) is 228 Å². The van der Waals surface area contributed by atoms with Gasteiger partial charge in [-0.05, 0) is 31.5 Å². The lowest BCUT2D eigenvalue weighted by Gasteiger charge is -2.26.